The van der Waals surface area contributed by atoms with Gasteiger partial charge in [0.1, 0.15) is 24.6 Å². The number of hydrogen-bond donors (Lipinski definition) is 2. The molecule has 0 bridgehead atoms. The van der Waals surface area contributed by atoms with E-state index in [4.69, 9.17) is 21.1 Å². The fourth-order valence-electron chi connectivity index (χ4n) is 6.89. The number of imidazole rings is 1. The zero-order valence-corrected chi connectivity index (χ0v) is 27.7. The molecular formula is C32H42ClFN4O5Si. The summed E-state index contributed by atoms with van der Waals surface area (Å²) in [5, 5.41) is 14.0. The van der Waals surface area contributed by atoms with Crippen LogP contribution in [0.3, 0.4) is 0 Å². The highest BCUT2D eigenvalue weighted by Gasteiger charge is 2.48. The standard InChI is InChI=1S/C32H42ClFN4O5Si/c1-31(41)18-22(19-31)38-28-25(34)16-23(17-27(28)37(30(38)40)20-42-13-14-44(2,3)4)43-12-11-36-9-7-32(8-10-36)24-15-21(33)5-6-26(24)35-29(32)39/h5-6,15-17,22,41H,7-14,18-20H2,1-4H3,(H,35,39). The molecule has 0 atom stereocenters. The molecule has 0 radical (unpaired) electrons. The van der Waals surface area contributed by atoms with Crippen molar-refractivity contribution in [2.24, 2.45) is 0 Å². The van der Waals surface area contributed by atoms with Crippen LogP contribution in [0.2, 0.25) is 30.7 Å². The lowest BCUT2D eigenvalue weighted by molar-refractivity contribution is -0.122. The first-order chi connectivity index (χ1) is 20.8. The number of nitrogens with zero attached hydrogens (tertiary/aromatic N) is 3. The number of aliphatic hydroxyl groups is 1. The zero-order valence-electron chi connectivity index (χ0n) is 25.9. The summed E-state index contributed by atoms with van der Waals surface area (Å²) < 4.78 is 30.6. The second-order valence-corrected chi connectivity index (χ2v) is 20.2. The maximum absolute atomic E-state index is 15.7. The van der Waals surface area contributed by atoms with Crippen LogP contribution in [0.15, 0.2) is 35.1 Å². The Balaban J connectivity index is 1.14. The number of piperidine rings is 1. The fraction of sp³-hybridized carbons (Fsp3) is 0.562. The van der Waals surface area contributed by atoms with Gasteiger partial charge in [-0.15, -0.1) is 0 Å². The second kappa shape index (κ2) is 11.6. The lowest BCUT2D eigenvalue weighted by atomic mass is 9.73. The summed E-state index contributed by atoms with van der Waals surface area (Å²) in [6.07, 6.45) is 2.13. The Bertz CT molecular complexity index is 1630. The number of ether oxygens (including phenoxy) is 2. The van der Waals surface area contributed by atoms with Crippen LogP contribution in [-0.2, 0) is 21.7 Å². The summed E-state index contributed by atoms with van der Waals surface area (Å²) >= 11 is 6.25. The summed E-state index contributed by atoms with van der Waals surface area (Å²) in [5.41, 5.74) is 0.687. The molecule has 3 heterocycles. The number of rotatable bonds is 10. The van der Waals surface area contributed by atoms with Crippen LogP contribution in [-0.4, -0.2) is 71.6 Å². The lowest BCUT2D eigenvalue weighted by Gasteiger charge is -2.41. The van der Waals surface area contributed by atoms with Gasteiger partial charge in [0.15, 0.2) is 5.82 Å². The minimum absolute atomic E-state index is 0.0241. The van der Waals surface area contributed by atoms with Gasteiger partial charge in [-0.2, -0.15) is 0 Å². The van der Waals surface area contributed by atoms with Gasteiger partial charge in [-0.05, 0) is 75.5 Å². The molecular weight excluding hydrogens is 603 g/mol. The van der Waals surface area contributed by atoms with Crippen molar-refractivity contribution in [1.29, 1.82) is 0 Å². The molecule has 2 fully saturated rings. The molecule has 1 spiro atoms. The van der Waals surface area contributed by atoms with Crippen molar-refractivity contribution >= 4 is 42.3 Å². The molecule has 1 aromatic heterocycles. The van der Waals surface area contributed by atoms with Crippen LogP contribution in [0.25, 0.3) is 11.0 Å². The first kappa shape index (κ1) is 31.3. The van der Waals surface area contributed by atoms with Gasteiger partial charge in [-0.1, -0.05) is 31.2 Å². The number of nitrogens with one attached hydrogen (secondary N) is 1. The Labute approximate surface area is 262 Å². The van der Waals surface area contributed by atoms with Crippen LogP contribution in [0.4, 0.5) is 10.1 Å². The number of carbonyl (C=O) groups excluding carboxylic acids is 1. The summed E-state index contributed by atoms with van der Waals surface area (Å²) in [6, 6.07) is 9.28. The Morgan fingerprint density at radius 2 is 1.84 bits per heavy atom. The van der Waals surface area contributed by atoms with E-state index in [1.807, 2.05) is 12.1 Å². The van der Waals surface area contributed by atoms with Crippen LogP contribution < -0.4 is 15.7 Å². The third kappa shape index (κ3) is 5.96. The SMILES string of the molecule is CC1(O)CC(n2c(=O)n(COCC[Si](C)(C)C)c3cc(OCCN4CCC5(CC4)C(=O)Nc4ccc(Cl)cc45)cc(F)c32)C1. The minimum Gasteiger partial charge on any atom is -0.492 e. The Kier molecular flexibility index (Phi) is 8.24. The molecule has 2 aromatic carbocycles. The van der Waals surface area contributed by atoms with Crippen molar-refractivity contribution in [2.45, 2.75) is 82.1 Å². The number of aromatic nitrogens is 2. The smallest absolute Gasteiger partial charge is 0.331 e. The first-order valence-electron chi connectivity index (χ1n) is 15.5. The zero-order chi connectivity index (χ0) is 31.4. The van der Waals surface area contributed by atoms with Crippen molar-refractivity contribution < 1.29 is 23.8 Å². The molecule has 0 unspecified atom stereocenters. The summed E-state index contributed by atoms with van der Waals surface area (Å²) in [4.78, 5) is 28.8. The molecule has 2 N–H and O–H groups in total. The first-order valence-corrected chi connectivity index (χ1v) is 19.6. The van der Waals surface area contributed by atoms with Crippen LogP contribution >= 0.6 is 11.6 Å². The van der Waals surface area contributed by atoms with Crippen LogP contribution in [0.1, 0.15) is 44.2 Å². The average Bonchev–Trinajstić information content (AvgIpc) is 3.36. The number of carbonyl (C=O) groups is 1. The highest BCUT2D eigenvalue weighted by atomic mass is 35.5. The molecule has 6 rings (SSSR count). The summed E-state index contributed by atoms with van der Waals surface area (Å²) in [7, 11) is -1.32. The molecule has 1 saturated carbocycles. The molecule has 238 valence electrons. The monoisotopic (exact) mass is 644 g/mol. The average molecular weight is 645 g/mol. The summed E-state index contributed by atoms with van der Waals surface area (Å²) in [5.74, 6) is -0.162. The van der Waals surface area contributed by atoms with Crippen molar-refractivity contribution in [1.82, 2.24) is 14.0 Å². The molecule has 44 heavy (non-hydrogen) atoms. The third-order valence-corrected chi connectivity index (χ3v) is 11.4. The lowest BCUT2D eigenvalue weighted by Crippen LogP contribution is -2.47. The van der Waals surface area contributed by atoms with E-state index in [1.165, 1.54) is 15.2 Å². The van der Waals surface area contributed by atoms with Gasteiger partial charge in [0.05, 0.1) is 16.5 Å². The van der Waals surface area contributed by atoms with E-state index in [0.29, 0.717) is 61.7 Å². The quantitative estimate of drug-likeness (QED) is 0.228. The van der Waals surface area contributed by atoms with E-state index in [-0.39, 0.29) is 29.9 Å². The molecule has 1 saturated heterocycles. The van der Waals surface area contributed by atoms with Gasteiger partial charge < -0.3 is 19.9 Å². The predicted molar refractivity (Wildman–Crippen MR) is 172 cm³/mol. The second-order valence-electron chi connectivity index (χ2n) is 14.2. The van der Waals surface area contributed by atoms with E-state index < -0.39 is 24.9 Å². The van der Waals surface area contributed by atoms with Crippen molar-refractivity contribution in [3.63, 3.8) is 0 Å². The van der Waals surface area contributed by atoms with Crippen molar-refractivity contribution in [3.8, 4) is 5.75 Å². The molecule has 1 amide bonds. The highest BCUT2D eigenvalue weighted by Crippen LogP contribution is 2.46. The molecule has 1 aliphatic carbocycles. The van der Waals surface area contributed by atoms with E-state index in [1.54, 1.807) is 19.1 Å². The topological polar surface area (TPSA) is 98.0 Å². The van der Waals surface area contributed by atoms with Gasteiger partial charge in [0.2, 0.25) is 5.91 Å². The van der Waals surface area contributed by atoms with Crippen molar-refractivity contribution in [3.05, 3.63) is 57.2 Å². The maximum Gasteiger partial charge on any atom is 0.331 e. The van der Waals surface area contributed by atoms with E-state index in [0.717, 1.165) is 30.4 Å². The normalized spacial score (nSPS) is 23.2. The fourth-order valence-corrected chi connectivity index (χ4v) is 7.81. The number of benzene rings is 2. The third-order valence-electron chi connectivity index (χ3n) is 9.48. The Morgan fingerprint density at radius 3 is 2.52 bits per heavy atom. The maximum atomic E-state index is 15.7. The number of amides is 1. The van der Waals surface area contributed by atoms with Gasteiger partial charge in [-0.3, -0.25) is 18.8 Å². The van der Waals surface area contributed by atoms with E-state index >= 15 is 4.39 Å². The number of anilines is 1. The van der Waals surface area contributed by atoms with E-state index in [9.17, 15) is 14.7 Å². The molecule has 9 nitrogen and oxygen atoms in total. The van der Waals surface area contributed by atoms with Gasteiger partial charge >= 0.3 is 5.69 Å². The minimum atomic E-state index is -1.32. The number of likely N-dealkylation sites (tertiary alicyclic amines) is 1. The van der Waals surface area contributed by atoms with Crippen LogP contribution in [0.5, 0.6) is 5.75 Å². The van der Waals surface area contributed by atoms with Gasteiger partial charge in [0, 0.05) is 50.1 Å². The number of halogens is 2. The predicted octanol–water partition coefficient (Wildman–Crippen LogP) is 5.36. The molecule has 12 heteroatoms. The summed E-state index contributed by atoms with van der Waals surface area (Å²) in [6.45, 7) is 11.5. The van der Waals surface area contributed by atoms with E-state index in [2.05, 4.69) is 29.9 Å². The molecule has 3 aliphatic rings. The number of hydrogen-bond acceptors (Lipinski definition) is 6. The van der Waals surface area contributed by atoms with Crippen molar-refractivity contribution in [2.75, 3.05) is 38.2 Å². The van der Waals surface area contributed by atoms with Gasteiger partial charge in [0.25, 0.3) is 0 Å². The Hall–Kier alpha value is -2.70. The highest BCUT2D eigenvalue weighted by molar-refractivity contribution is 6.76. The largest absolute Gasteiger partial charge is 0.492 e. The Morgan fingerprint density at radius 1 is 1.11 bits per heavy atom. The molecule has 3 aromatic rings. The van der Waals surface area contributed by atoms with Gasteiger partial charge in [-0.25, -0.2) is 9.18 Å². The molecule has 2 aliphatic heterocycles. The number of fused-ring (bicyclic) bond motifs is 3. The van der Waals surface area contributed by atoms with Crippen LogP contribution in [0, 0.1) is 5.82 Å².